The molecule has 2 nitrogen and oxygen atoms in total. The van der Waals surface area contributed by atoms with Crippen molar-refractivity contribution in [3.8, 4) is 11.1 Å². The Bertz CT molecular complexity index is 1200. The molecule has 0 saturated heterocycles. The highest BCUT2D eigenvalue weighted by Gasteiger charge is 2.24. The lowest BCUT2D eigenvalue weighted by molar-refractivity contribution is 0.442. The second-order valence-corrected chi connectivity index (χ2v) is 8.15. The van der Waals surface area contributed by atoms with Crippen LogP contribution in [0.2, 0.25) is 5.02 Å². The third kappa shape index (κ3) is 4.41. The quantitative estimate of drug-likeness (QED) is 0.370. The van der Waals surface area contributed by atoms with E-state index in [-0.39, 0.29) is 12.2 Å². The summed E-state index contributed by atoms with van der Waals surface area (Å²) in [6, 6.07) is 37.8. The minimum Gasteiger partial charge on any atom is -0.366 e. The first kappa shape index (κ1) is 19.6. The van der Waals surface area contributed by atoms with Gasteiger partial charge in [-0.05, 0) is 52.1 Å². The Labute approximate surface area is 188 Å². The zero-order valence-electron chi connectivity index (χ0n) is 17.0. The molecule has 0 radical (unpaired) electrons. The van der Waals surface area contributed by atoms with Crippen molar-refractivity contribution in [1.82, 2.24) is 10.6 Å². The fraction of sp³-hybridized carbons (Fsp3) is 0.0714. The van der Waals surface area contributed by atoms with E-state index in [0.29, 0.717) is 0 Å². The number of hydrogen-bond donors (Lipinski definition) is 2. The van der Waals surface area contributed by atoms with Crippen LogP contribution in [0.15, 0.2) is 115 Å². The highest BCUT2D eigenvalue weighted by molar-refractivity contribution is 6.30. The van der Waals surface area contributed by atoms with Gasteiger partial charge in [0.1, 0.15) is 6.17 Å². The van der Waals surface area contributed by atoms with Gasteiger partial charge in [-0.15, -0.1) is 0 Å². The van der Waals surface area contributed by atoms with E-state index in [1.165, 1.54) is 16.7 Å². The normalized spacial score (nSPS) is 18.2. The van der Waals surface area contributed by atoms with Gasteiger partial charge in [0.05, 0.1) is 6.04 Å². The Hall–Kier alpha value is -3.33. The minimum atomic E-state index is -0.0516. The topological polar surface area (TPSA) is 24.1 Å². The summed E-state index contributed by atoms with van der Waals surface area (Å²) in [5.74, 6) is 0. The molecule has 4 aromatic rings. The summed E-state index contributed by atoms with van der Waals surface area (Å²) < 4.78 is 0. The third-order valence-corrected chi connectivity index (χ3v) is 5.84. The van der Waals surface area contributed by atoms with E-state index < -0.39 is 0 Å². The van der Waals surface area contributed by atoms with E-state index in [2.05, 4.69) is 95.6 Å². The molecule has 0 saturated carbocycles. The standard InChI is InChI=1S/C28H23ClN2/c29-25-16-8-15-24(18-25)28-30-26(21-11-5-2-6-12-21)19-27(31-28)23-14-7-13-22(17-23)20-9-3-1-4-10-20/h1-19,26,28,30-31H. The average Bonchev–Trinajstić information content (AvgIpc) is 2.85. The second-order valence-electron chi connectivity index (χ2n) is 7.71. The van der Waals surface area contributed by atoms with E-state index in [0.717, 1.165) is 21.8 Å². The molecule has 5 rings (SSSR count). The van der Waals surface area contributed by atoms with Gasteiger partial charge >= 0.3 is 0 Å². The van der Waals surface area contributed by atoms with Gasteiger partial charge in [0, 0.05) is 10.7 Å². The zero-order chi connectivity index (χ0) is 21.0. The summed E-state index contributed by atoms with van der Waals surface area (Å²) in [5.41, 5.74) is 7.02. The number of hydrogen-bond acceptors (Lipinski definition) is 2. The highest BCUT2D eigenvalue weighted by Crippen LogP contribution is 2.31. The lowest BCUT2D eigenvalue weighted by atomic mass is 9.96. The maximum atomic E-state index is 6.29. The van der Waals surface area contributed by atoms with Crippen LogP contribution < -0.4 is 10.6 Å². The van der Waals surface area contributed by atoms with Crippen molar-refractivity contribution in [2.75, 3.05) is 0 Å². The monoisotopic (exact) mass is 422 g/mol. The molecule has 2 N–H and O–H groups in total. The van der Waals surface area contributed by atoms with Gasteiger partial charge in [0.25, 0.3) is 0 Å². The summed E-state index contributed by atoms with van der Waals surface area (Å²) >= 11 is 6.29. The molecule has 1 heterocycles. The average molecular weight is 423 g/mol. The summed E-state index contributed by atoms with van der Waals surface area (Å²) in [6.07, 6.45) is 2.21. The molecule has 0 bridgehead atoms. The molecule has 0 spiro atoms. The Balaban J connectivity index is 1.55. The van der Waals surface area contributed by atoms with E-state index >= 15 is 0 Å². The van der Waals surface area contributed by atoms with Gasteiger partial charge in [0.15, 0.2) is 0 Å². The molecule has 1 aliphatic rings. The van der Waals surface area contributed by atoms with E-state index in [1.54, 1.807) is 0 Å². The number of rotatable bonds is 4. The van der Waals surface area contributed by atoms with Crippen molar-refractivity contribution in [3.63, 3.8) is 0 Å². The molecule has 1 aliphatic heterocycles. The second kappa shape index (κ2) is 8.81. The third-order valence-electron chi connectivity index (χ3n) is 5.60. The molecule has 152 valence electrons. The molecular weight excluding hydrogens is 400 g/mol. The van der Waals surface area contributed by atoms with E-state index in [1.807, 2.05) is 30.3 Å². The van der Waals surface area contributed by atoms with Crippen LogP contribution in [0.25, 0.3) is 16.8 Å². The molecular formula is C28H23ClN2. The van der Waals surface area contributed by atoms with Gasteiger partial charge < -0.3 is 5.32 Å². The van der Waals surface area contributed by atoms with Crippen LogP contribution in [0.3, 0.4) is 0 Å². The SMILES string of the molecule is Clc1cccc(C2NC(c3cccc(-c4ccccc4)c3)=CC(c3ccccc3)N2)c1. The zero-order valence-corrected chi connectivity index (χ0v) is 17.8. The van der Waals surface area contributed by atoms with Gasteiger partial charge in [0.2, 0.25) is 0 Å². The summed E-state index contributed by atoms with van der Waals surface area (Å²) in [6.45, 7) is 0. The lowest BCUT2D eigenvalue weighted by Crippen LogP contribution is -2.39. The Kier molecular flexibility index (Phi) is 5.57. The van der Waals surface area contributed by atoms with Crippen molar-refractivity contribution in [2.24, 2.45) is 0 Å². The van der Waals surface area contributed by atoms with Crippen molar-refractivity contribution < 1.29 is 0 Å². The molecule has 31 heavy (non-hydrogen) atoms. The fourth-order valence-electron chi connectivity index (χ4n) is 4.03. The van der Waals surface area contributed by atoms with E-state index in [9.17, 15) is 0 Å². The molecule has 2 atom stereocenters. The smallest absolute Gasteiger partial charge is 0.104 e. The molecule has 0 fully saturated rings. The van der Waals surface area contributed by atoms with Crippen molar-refractivity contribution in [1.29, 1.82) is 0 Å². The summed E-state index contributed by atoms with van der Waals surface area (Å²) in [4.78, 5) is 0. The van der Waals surface area contributed by atoms with Crippen LogP contribution in [0.4, 0.5) is 0 Å². The van der Waals surface area contributed by atoms with Crippen LogP contribution >= 0.6 is 11.6 Å². The minimum absolute atomic E-state index is 0.0516. The molecule has 3 heteroatoms. The summed E-state index contributed by atoms with van der Waals surface area (Å²) in [5, 5.41) is 8.13. The number of nitrogens with one attached hydrogen (secondary N) is 2. The predicted octanol–water partition coefficient (Wildman–Crippen LogP) is 6.98. The number of benzene rings is 4. The fourth-order valence-corrected chi connectivity index (χ4v) is 4.23. The van der Waals surface area contributed by atoms with Crippen molar-refractivity contribution in [2.45, 2.75) is 12.2 Å². The first-order valence-corrected chi connectivity index (χ1v) is 10.8. The first-order valence-electron chi connectivity index (χ1n) is 10.5. The Morgan fingerprint density at radius 2 is 1.23 bits per heavy atom. The molecule has 2 unspecified atom stereocenters. The van der Waals surface area contributed by atoms with Crippen LogP contribution in [0, 0.1) is 0 Å². The summed E-state index contributed by atoms with van der Waals surface area (Å²) in [7, 11) is 0. The van der Waals surface area contributed by atoms with Crippen LogP contribution in [0.1, 0.15) is 28.9 Å². The first-order chi connectivity index (χ1) is 15.3. The Morgan fingerprint density at radius 1 is 0.581 bits per heavy atom. The molecule has 0 amide bonds. The van der Waals surface area contributed by atoms with Gasteiger partial charge in [-0.25, -0.2) is 0 Å². The Morgan fingerprint density at radius 3 is 2.00 bits per heavy atom. The van der Waals surface area contributed by atoms with Gasteiger partial charge in [-0.1, -0.05) is 103 Å². The lowest BCUT2D eigenvalue weighted by Gasteiger charge is -2.33. The molecule has 0 aliphatic carbocycles. The molecule has 0 aromatic heterocycles. The van der Waals surface area contributed by atoms with Crippen molar-refractivity contribution >= 4 is 17.3 Å². The van der Waals surface area contributed by atoms with Gasteiger partial charge in [-0.3, -0.25) is 5.32 Å². The van der Waals surface area contributed by atoms with Crippen LogP contribution in [0.5, 0.6) is 0 Å². The highest BCUT2D eigenvalue weighted by atomic mass is 35.5. The largest absolute Gasteiger partial charge is 0.366 e. The van der Waals surface area contributed by atoms with Crippen LogP contribution in [-0.4, -0.2) is 0 Å². The predicted molar refractivity (Wildman–Crippen MR) is 130 cm³/mol. The number of halogens is 1. The van der Waals surface area contributed by atoms with E-state index in [4.69, 9.17) is 11.6 Å². The maximum absolute atomic E-state index is 6.29. The molecule has 4 aromatic carbocycles. The van der Waals surface area contributed by atoms with Gasteiger partial charge in [-0.2, -0.15) is 0 Å². The maximum Gasteiger partial charge on any atom is 0.104 e. The van der Waals surface area contributed by atoms with Crippen LogP contribution in [-0.2, 0) is 0 Å². The van der Waals surface area contributed by atoms with Crippen molar-refractivity contribution in [3.05, 3.63) is 137 Å².